The molecule has 0 unspecified atom stereocenters. The zero-order valence-electron chi connectivity index (χ0n) is 7.90. The molecule has 0 amide bonds. The van der Waals surface area contributed by atoms with Crippen LogP contribution >= 0.6 is 15.9 Å². The van der Waals surface area contributed by atoms with Crippen molar-refractivity contribution in [1.29, 1.82) is 0 Å². The molecule has 0 aromatic carbocycles. The third-order valence-corrected chi connectivity index (χ3v) is 3.21. The van der Waals surface area contributed by atoms with Gasteiger partial charge in [0.2, 0.25) is 11.9 Å². The molecule has 1 aromatic rings. The van der Waals surface area contributed by atoms with Crippen LogP contribution in [-0.2, 0) is 12.8 Å². The highest BCUT2D eigenvalue weighted by Gasteiger charge is 2.30. The second-order valence-electron chi connectivity index (χ2n) is 3.54. The first-order valence-electron chi connectivity index (χ1n) is 4.69. The molecule has 2 rings (SSSR count). The highest BCUT2D eigenvalue weighted by molar-refractivity contribution is 9.10. The Kier molecular flexibility index (Phi) is 2.60. The van der Waals surface area contributed by atoms with Crippen molar-refractivity contribution in [2.24, 2.45) is 0 Å². The summed E-state index contributed by atoms with van der Waals surface area (Å²) in [5, 5.41) is 22.4. The molecule has 0 aliphatic heterocycles. The molecule has 0 N–H and O–H groups in total. The van der Waals surface area contributed by atoms with Crippen LogP contribution in [0.15, 0.2) is 10.7 Å². The Morgan fingerprint density at radius 3 is 2.73 bits per heavy atom. The van der Waals surface area contributed by atoms with Gasteiger partial charge in [-0.15, -0.1) is 0 Å². The molecule has 0 atom stereocenters. The van der Waals surface area contributed by atoms with Gasteiger partial charge in [-0.2, -0.15) is 4.73 Å². The number of rotatable bonds is 1. The standard InChI is InChI=1S/C9H9BrN2O3/c10-7-5-11(13)8-4-2-1-3-6(8)9(7)12(14)15/h5H,1-4H2. The van der Waals surface area contributed by atoms with Gasteiger partial charge in [-0.25, -0.2) is 0 Å². The van der Waals surface area contributed by atoms with Gasteiger partial charge < -0.3 is 5.21 Å². The van der Waals surface area contributed by atoms with E-state index in [2.05, 4.69) is 15.9 Å². The quantitative estimate of drug-likeness (QED) is 0.339. The van der Waals surface area contributed by atoms with Crippen LogP contribution in [0.3, 0.4) is 0 Å². The number of hydrogen-bond donors (Lipinski definition) is 0. The Labute approximate surface area is 94.6 Å². The Morgan fingerprint density at radius 1 is 1.40 bits per heavy atom. The summed E-state index contributed by atoms with van der Waals surface area (Å²) in [5.74, 6) is 0. The van der Waals surface area contributed by atoms with Crippen molar-refractivity contribution in [1.82, 2.24) is 0 Å². The minimum atomic E-state index is -0.422. The van der Waals surface area contributed by atoms with E-state index in [1.807, 2.05) is 0 Å². The molecular weight excluding hydrogens is 264 g/mol. The SMILES string of the molecule is O=[N+]([O-])c1c(Br)c[n+]([O-])c2c1CCCC2. The number of aromatic nitrogens is 1. The summed E-state index contributed by atoms with van der Waals surface area (Å²) in [6, 6.07) is 0. The number of pyridine rings is 1. The molecule has 0 fully saturated rings. The minimum Gasteiger partial charge on any atom is -0.618 e. The van der Waals surface area contributed by atoms with Crippen LogP contribution in [0.25, 0.3) is 0 Å². The molecule has 0 spiro atoms. The molecule has 1 heterocycles. The van der Waals surface area contributed by atoms with E-state index in [0.717, 1.165) is 17.6 Å². The van der Waals surface area contributed by atoms with Crippen molar-refractivity contribution in [3.63, 3.8) is 0 Å². The number of hydrogen-bond acceptors (Lipinski definition) is 3. The molecule has 5 nitrogen and oxygen atoms in total. The minimum absolute atomic E-state index is 0.0526. The van der Waals surface area contributed by atoms with Gasteiger partial charge in [0.05, 0.1) is 10.5 Å². The third-order valence-electron chi connectivity index (χ3n) is 2.63. The first kappa shape index (κ1) is 10.4. The number of nitrogens with zero attached hydrogens (tertiary/aromatic N) is 2. The number of fused-ring (bicyclic) bond motifs is 1. The third kappa shape index (κ3) is 1.69. The Balaban J connectivity index is 2.68. The van der Waals surface area contributed by atoms with Crippen LogP contribution in [-0.4, -0.2) is 4.92 Å². The van der Waals surface area contributed by atoms with Gasteiger partial charge in [0, 0.05) is 6.42 Å². The van der Waals surface area contributed by atoms with E-state index >= 15 is 0 Å². The molecular formula is C9H9BrN2O3. The van der Waals surface area contributed by atoms with E-state index in [1.54, 1.807) is 0 Å². The summed E-state index contributed by atoms with van der Waals surface area (Å²) in [6.07, 6.45) is 4.31. The lowest BCUT2D eigenvalue weighted by atomic mass is 9.95. The van der Waals surface area contributed by atoms with Crippen molar-refractivity contribution < 1.29 is 9.65 Å². The largest absolute Gasteiger partial charge is 0.618 e. The summed E-state index contributed by atoms with van der Waals surface area (Å²) >= 11 is 3.06. The normalized spacial score (nSPS) is 14.7. The second kappa shape index (κ2) is 3.77. The fourth-order valence-corrected chi connectivity index (χ4v) is 2.54. The van der Waals surface area contributed by atoms with Crippen LogP contribution < -0.4 is 4.73 Å². The van der Waals surface area contributed by atoms with E-state index in [9.17, 15) is 15.3 Å². The molecule has 0 radical (unpaired) electrons. The zero-order valence-corrected chi connectivity index (χ0v) is 9.49. The van der Waals surface area contributed by atoms with Crippen molar-refractivity contribution in [2.45, 2.75) is 25.7 Å². The predicted octanol–water partition coefficient (Wildman–Crippen LogP) is 1.87. The first-order chi connectivity index (χ1) is 7.11. The van der Waals surface area contributed by atoms with Crippen LogP contribution in [0.4, 0.5) is 5.69 Å². The zero-order chi connectivity index (χ0) is 11.0. The second-order valence-corrected chi connectivity index (χ2v) is 4.40. The van der Waals surface area contributed by atoms with E-state index in [-0.39, 0.29) is 10.2 Å². The summed E-state index contributed by atoms with van der Waals surface area (Å²) in [5.41, 5.74) is 1.20. The molecule has 15 heavy (non-hydrogen) atoms. The molecule has 1 aliphatic rings. The van der Waals surface area contributed by atoms with Gasteiger partial charge >= 0.3 is 0 Å². The van der Waals surface area contributed by atoms with Gasteiger partial charge in [0.25, 0.3) is 5.69 Å². The van der Waals surface area contributed by atoms with Gasteiger partial charge in [-0.1, -0.05) is 0 Å². The Hall–Kier alpha value is -1.17. The van der Waals surface area contributed by atoms with E-state index in [0.29, 0.717) is 24.1 Å². The lowest BCUT2D eigenvalue weighted by molar-refractivity contribution is -0.616. The van der Waals surface area contributed by atoms with E-state index in [4.69, 9.17) is 0 Å². The summed E-state index contributed by atoms with van der Waals surface area (Å²) in [7, 11) is 0. The molecule has 0 saturated heterocycles. The van der Waals surface area contributed by atoms with Gasteiger partial charge in [0.1, 0.15) is 0 Å². The molecule has 6 heteroatoms. The van der Waals surface area contributed by atoms with Crippen LogP contribution in [0.5, 0.6) is 0 Å². The summed E-state index contributed by atoms with van der Waals surface area (Å²) < 4.78 is 1.01. The highest BCUT2D eigenvalue weighted by Crippen LogP contribution is 2.33. The average Bonchev–Trinajstić information content (AvgIpc) is 2.17. The molecule has 1 aliphatic carbocycles. The molecule has 80 valence electrons. The monoisotopic (exact) mass is 272 g/mol. The van der Waals surface area contributed by atoms with Crippen LogP contribution in [0.1, 0.15) is 24.1 Å². The highest BCUT2D eigenvalue weighted by atomic mass is 79.9. The van der Waals surface area contributed by atoms with Crippen molar-refractivity contribution in [2.75, 3.05) is 0 Å². The van der Waals surface area contributed by atoms with Gasteiger partial charge in [0.15, 0.2) is 4.47 Å². The topological polar surface area (TPSA) is 70.1 Å². The Morgan fingerprint density at radius 2 is 2.07 bits per heavy atom. The van der Waals surface area contributed by atoms with Crippen molar-refractivity contribution in [3.8, 4) is 0 Å². The van der Waals surface area contributed by atoms with Gasteiger partial charge in [-0.05, 0) is 35.2 Å². The maximum atomic E-state index is 11.5. The maximum Gasteiger partial charge on any atom is 0.299 e. The fourth-order valence-electron chi connectivity index (χ4n) is 1.97. The lowest BCUT2D eigenvalue weighted by Gasteiger charge is -2.15. The number of nitro groups is 1. The Bertz CT molecular complexity index is 434. The smallest absolute Gasteiger partial charge is 0.299 e. The molecule has 1 aromatic heterocycles. The predicted molar refractivity (Wildman–Crippen MR) is 56.4 cm³/mol. The first-order valence-corrected chi connectivity index (χ1v) is 5.48. The lowest BCUT2D eigenvalue weighted by Crippen LogP contribution is -2.35. The van der Waals surface area contributed by atoms with Crippen molar-refractivity contribution in [3.05, 3.63) is 37.2 Å². The summed E-state index contributed by atoms with van der Waals surface area (Å²) in [4.78, 5) is 10.4. The average molecular weight is 273 g/mol. The van der Waals surface area contributed by atoms with Crippen LogP contribution in [0.2, 0.25) is 0 Å². The maximum absolute atomic E-state index is 11.5. The summed E-state index contributed by atoms with van der Waals surface area (Å²) in [6.45, 7) is 0. The van der Waals surface area contributed by atoms with E-state index in [1.165, 1.54) is 6.20 Å². The number of halogens is 1. The fraction of sp³-hybridized carbons (Fsp3) is 0.444. The van der Waals surface area contributed by atoms with Crippen LogP contribution in [0, 0.1) is 15.3 Å². The van der Waals surface area contributed by atoms with Crippen molar-refractivity contribution >= 4 is 21.6 Å². The molecule has 0 bridgehead atoms. The molecule has 0 saturated carbocycles. The van der Waals surface area contributed by atoms with Gasteiger partial charge in [-0.3, -0.25) is 10.1 Å². The van der Waals surface area contributed by atoms with E-state index < -0.39 is 4.92 Å².